The Labute approximate surface area is 194 Å². The molecule has 34 heavy (non-hydrogen) atoms. The fraction of sp³-hybridized carbons (Fsp3) is 0.350. The fourth-order valence-corrected chi connectivity index (χ4v) is 5.60. The molecule has 4 rings (SSSR count). The van der Waals surface area contributed by atoms with Gasteiger partial charge in [-0.05, 0) is 5.92 Å². The van der Waals surface area contributed by atoms with E-state index < -0.39 is 109 Å². The van der Waals surface area contributed by atoms with Gasteiger partial charge in [0.05, 0.1) is 16.6 Å². The highest BCUT2D eigenvalue weighted by molar-refractivity contribution is 6.36. The number of aliphatic hydroxyl groups excluding tert-OH is 3. The number of nitro benzene ring substituents is 1. The molecule has 1 saturated carbocycles. The van der Waals surface area contributed by atoms with E-state index in [1.807, 2.05) is 0 Å². The van der Waals surface area contributed by atoms with Crippen LogP contribution in [0.15, 0.2) is 16.9 Å². The zero-order valence-corrected chi connectivity index (χ0v) is 18.0. The number of aliphatic hydroxyl groups is 4. The first kappa shape index (κ1) is 23.5. The van der Waals surface area contributed by atoms with Crippen LogP contribution in [0, 0.1) is 22.0 Å². The first-order valence-electron chi connectivity index (χ1n) is 9.83. The molecule has 0 bridgehead atoms. The van der Waals surface area contributed by atoms with Crippen molar-refractivity contribution in [3.8, 4) is 5.75 Å². The van der Waals surface area contributed by atoms with Gasteiger partial charge in [-0.2, -0.15) is 0 Å². The smallest absolute Gasteiger partial charge is 0.294 e. The Morgan fingerprint density at radius 1 is 1.26 bits per heavy atom. The van der Waals surface area contributed by atoms with E-state index in [2.05, 4.69) is 0 Å². The van der Waals surface area contributed by atoms with Crippen LogP contribution in [0.1, 0.15) is 30.4 Å². The van der Waals surface area contributed by atoms with E-state index in [9.17, 15) is 50.0 Å². The molecule has 13 nitrogen and oxygen atoms in total. The number of nitrogens with two attached hydrogens (primary N) is 2. The van der Waals surface area contributed by atoms with Gasteiger partial charge in [-0.15, -0.1) is 0 Å². The highest BCUT2D eigenvalue weighted by atomic mass is 35.5. The molecule has 9 N–H and O–H groups in total. The molecule has 180 valence electrons. The normalized spacial score (nSPS) is 30.6. The monoisotopic (exact) mass is 495 g/mol. The van der Waals surface area contributed by atoms with Crippen molar-refractivity contribution in [3.05, 3.63) is 43.2 Å². The summed E-state index contributed by atoms with van der Waals surface area (Å²) >= 11 is 5.98. The number of carbonyl (C=O) groups excluding carboxylic acids is 3. The molecule has 1 fully saturated rings. The van der Waals surface area contributed by atoms with E-state index in [1.165, 1.54) is 6.92 Å². The quantitative estimate of drug-likeness (QED) is 0.0951. The third kappa shape index (κ3) is 2.59. The largest absolute Gasteiger partial charge is 0.508 e. The van der Waals surface area contributed by atoms with Gasteiger partial charge in [0.1, 0.15) is 27.8 Å². The van der Waals surface area contributed by atoms with E-state index in [4.69, 9.17) is 23.1 Å². The molecule has 0 saturated heterocycles. The van der Waals surface area contributed by atoms with Gasteiger partial charge in [0, 0.05) is 29.4 Å². The lowest BCUT2D eigenvalue weighted by Gasteiger charge is -2.50. The number of aromatic hydroxyl groups is 1. The third-order valence-electron chi connectivity index (χ3n) is 6.90. The number of nitrogen functional groups attached to an aromatic ring is 1. The number of fused-ring (bicyclic) bond motifs is 3. The maximum Gasteiger partial charge on any atom is 0.294 e. The molecule has 0 heterocycles. The highest BCUT2D eigenvalue weighted by Gasteiger charge is 2.65. The van der Waals surface area contributed by atoms with Crippen LogP contribution in [-0.4, -0.2) is 59.6 Å². The summed E-state index contributed by atoms with van der Waals surface area (Å²) in [6.07, 6.45) is -2.60. The Morgan fingerprint density at radius 2 is 1.85 bits per heavy atom. The number of hydrogen-bond acceptors (Lipinski definition) is 11. The molecule has 1 aromatic carbocycles. The Morgan fingerprint density at radius 3 is 2.38 bits per heavy atom. The Balaban J connectivity index is 2.10. The number of anilines is 1. The van der Waals surface area contributed by atoms with Crippen molar-refractivity contribution in [1.82, 2.24) is 0 Å². The topological polar surface area (TPSA) is 248 Å². The van der Waals surface area contributed by atoms with Crippen molar-refractivity contribution in [1.29, 1.82) is 0 Å². The van der Waals surface area contributed by atoms with E-state index in [0.717, 1.165) is 0 Å². The van der Waals surface area contributed by atoms with Crippen molar-refractivity contribution >= 4 is 46.2 Å². The number of amides is 1. The van der Waals surface area contributed by atoms with Crippen LogP contribution >= 0.6 is 11.6 Å². The highest BCUT2D eigenvalue weighted by Crippen LogP contribution is 2.59. The second-order valence-electron chi connectivity index (χ2n) is 8.46. The van der Waals surface area contributed by atoms with Crippen molar-refractivity contribution in [2.45, 2.75) is 31.0 Å². The molecule has 0 spiro atoms. The minimum absolute atomic E-state index is 0.329. The van der Waals surface area contributed by atoms with E-state index in [-0.39, 0.29) is 5.56 Å². The summed E-state index contributed by atoms with van der Waals surface area (Å²) in [5.41, 5.74) is 3.65. The molecule has 0 unspecified atom stereocenters. The average Bonchev–Trinajstić information content (AvgIpc) is 2.74. The first-order chi connectivity index (χ1) is 15.7. The molecule has 5 atom stereocenters. The maximum atomic E-state index is 13.5. The standard InChI is InChI=1S/C20H18ClN3O10/c1-3-6-9(16(28)12(22)11(21)13(6)24(33)34)15(27)10-7(3)14(26)4-2-5(25)8(19(23)31)17(29)20(4,32)18(10)30/h3-4,7,14,26-29,32H,2,22H2,1H3,(H2,23,31)/t3-,4+,7+,14-,20+/m0/s1. The summed E-state index contributed by atoms with van der Waals surface area (Å²) in [5, 5.41) is 65.5. The second-order valence-corrected chi connectivity index (χ2v) is 8.83. The summed E-state index contributed by atoms with van der Waals surface area (Å²) in [7, 11) is 0. The van der Waals surface area contributed by atoms with Crippen molar-refractivity contribution in [3.63, 3.8) is 0 Å². The van der Waals surface area contributed by atoms with Crippen LogP contribution in [0.3, 0.4) is 0 Å². The van der Waals surface area contributed by atoms with Gasteiger partial charge in [0.25, 0.3) is 11.6 Å². The first-order valence-corrected chi connectivity index (χ1v) is 10.2. The maximum absolute atomic E-state index is 13.5. The van der Waals surface area contributed by atoms with Gasteiger partial charge < -0.3 is 37.0 Å². The number of ketones is 2. The summed E-state index contributed by atoms with van der Waals surface area (Å²) in [6.45, 7) is 1.34. The van der Waals surface area contributed by atoms with Gasteiger partial charge in [-0.25, -0.2) is 0 Å². The predicted octanol–water partition coefficient (Wildman–Crippen LogP) is 0.0995. The number of carbonyl (C=O) groups is 3. The van der Waals surface area contributed by atoms with Gasteiger partial charge in [-0.1, -0.05) is 18.5 Å². The zero-order valence-electron chi connectivity index (χ0n) is 17.3. The molecular weight excluding hydrogens is 478 g/mol. The number of benzene rings is 1. The zero-order chi connectivity index (χ0) is 25.6. The minimum atomic E-state index is -3.02. The van der Waals surface area contributed by atoms with Crippen LogP contribution in [0.4, 0.5) is 11.4 Å². The number of Topliss-reactive ketones (excluding diaryl/α,β-unsaturated/α-hetero) is 2. The number of nitro groups is 1. The van der Waals surface area contributed by atoms with Crippen LogP contribution < -0.4 is 11.5 Å². The number of halogens is 1. The molecule has 0 aliphatic heterocycles. The Kier molecular flexibility index (Phi) is 4.94. The Bertz CT molecular complexity index is 1300. The molecular formula is C20H18ClN3O10. The summed E-state index contributed by atoms with van der Waals surface area (Å²) < 4.78 is 0. The summed E-state index contributed by atoms with van der Waals surface area (Å²) in [5.74, 6) is -11.4. The van der Waals surface area contributed by atoms with E-state index in [0.29, 0.717) is 0 Å². The van der Waals surface area contributed by atoms with Crippen molar-refractivity contribution < 1.29 is 44.8 Å². The number of nitrogens with zero attached hydrogens (tertiary/aromatic N) is 1. The number of phenolic OH excluding ortho intramolecular Hbond substituents is 1. The number of rotatable bonds is 2. The molecule has 0 radical (unpaired) electrons. The summed E-state index contributed by atoms with van der Waals surface area (Å²) in [6, 6.07) is 0. The molecule has 3 aliphatic rings. The lowest BCUT2D eigenvalue weighted by molar-refractivity contribution is -0.385. The van der Waals surface area contributed by atoms with Crippen LogP contribution in [0.5, 0.6) is 5.75 Å². The van der Waals surface area contributed by atoms with Crippen LogP contribution in [0.2, 0.25) is 5.02 Å². The number of hydrogen-bond donors (Lipinski definition) is 7. The average molecular weight is 496 g/mol. The van der Waals surface area contributed by atoms with Gasteiger partial charge in [0.15, 0.2) is 17.1 Å². The lowest BCUT2D eigenvalue weighted by atomic mass is 9.55. The summed E-state index contributed by atoms with van der Waals surface area (Å²) in [4.78, 5) is 48.4. The van der Waals surface area contributed by atoms with Crippen LogP contribution in [-0.2, 0) is 14.4 Å². The number of phenols is 1. The van der Waals surface area contributed by atoms with E-state index in [1.54, 1.807) is 0 Å². The van der Waals surface area contributed by atoms with Crippen LogP contribution in [0.25, 0.3) is 5.76 Å². The predicted molar refractivity (Wildman–Crippen MR) is 114 cm³/mol. The van der Waals surface area contributed by atoms with E-state index >= 15 is 0 Å². The van der Waals surface area contributed by atoms with Gasteiger partial charge in [0.2, 0.25) is 5.78 Å². The third-order valence-corrected chi connectivity index (χ3v) is 7.28. The molecule has 14 heteroatoms. The van der Waals surface area contributed by atoms with Crippen molar-refractivity contribution in [2.75, 3.05) is 5.73 Å². The molecule has 1 aromatic rings. The second kappa shape index (κ2) is 7.16. The molecule has 3 aliphatic carbocycles. The molecule has 0 aromatic heterocycles. The Hall–Kier alpha value is -3.68. The fourth-order valence-electron chi connectivity index (χ4n) is 5.34. The lowest BCUT2D eigenvalue weighted by Crippen LogP contribution is -2.63. The number of primary amides is 1. The SMILES string of the molecule is C[C@H]1c2c(c(O)c(N)c(Cl)c2[N+](=O)[O-])C(O)=C2C(=O)[C@]3(O)C(O)=C(C(N)=O)C(=O)C[C@@H]3[C@H](O)[C@@H]21. The van der Waals surface area contributed by atoms with Gasteiger partial charge >= 0.3 is 0 Å². The minimum Gasteiger partial charge on any atom is -0.508 e. The van der Waals surface area contributed by atoms with Crippen molar-refractivity contribution in [2.24, 2.45) is 17.6 Å². The van der Waals surface area contributed by atoms with Gasteiger partial charge in [-0.3, -0.25) is 24.5 Å². The molecule has 1 amide bonds.